The molecule has 32 heavy (non-hydrogen) atoms. The predicted octanol–water partition coefficient (Wildman–Crippen LogP) is 8.28. The van der Waals surface area contributed by atoms with Crippen LogP contribution in [-0.2, 0) is 11.3 Å². The van der Waals surface area contributed by atoms with E-state index in [9.17, 15) is 4.79 Å². The molecular formula is C27H50BrN3O. The van der Waals surface area contributed by atoms with Crippen molar-refractivity contribution in [3.05, 3.63) is 15.9 Å². The van der Waals surface area contributed by atoms with Crippen LogP contribution >= 0.6 is 15.9 Å². The molecule has 0 aliphatic heterocycles. The molecule has 0 bridgehead atoms. The molecule has 1 atom stereocenters. The Morgan fingerprint density at radius 3 is 1.69 bits per heavy atom. The Bertz CT molecular complexity index is 614. The number of aryl methyl sites for hydroxylation is 1. The summed E-state index contributed by atoms with van der Waals surface area (Å²) in [6, 6.07) is 0. The van der Waals surface area contributed by atoms with E-state index in [1.165, 1.54) is 96.3 Å². The third kappa shape index (κ3) is 13.0. The molecule has 1 unspecified atom stereocenters. The first kappa shape index (κ1) is 29.2. The lowest BCUT2D eigenvalue weighted by atomic mass is 10.0. The van der Waals surface area contributed by atoms with Crippen LogP contribution in [0.5, 0.6) is 0 Å². The zero-order valence-corrected chi connectivity index (χ0v) is 23.1. The third-order valence-corrected chi connectivity index (χ3v) is 7.66. The van der Waals surface area contributed by atoms with Gasteiger partial charge in [0, 0.05) is 12.2 Å². The van der Waals surface area contributed by atoms with Gasteiger partial charge >= 0.3 is 0 Å². The van der Waals surface area contributed by atoms with Gasteiger partial charge in [-0.3, -0.25) is 9.48 Å². The molecule has 1 rings (SSSR count). The Morgan fingerprint density at radius 1 is 0.844 bits per heavy atom. The average Bonchev–Trinajstić information content (AvgIpc) is 3.02. The number of nitrogens with zero attached hydrogens (tertiary/aromatic N) is 2. The maximum Gasteiger partial charge on any atom is 0.224 e. The minimum absolute atomic E-state index is 0.0686. The Labute approximate surface area is 206 Å². The van der Waals surface area contributed by atoms with Crippen molar-refractivity contribution in [2.75, 3.05) is 6.54 Å². The topological polar surface area (TPSA) is 46.9 Å². The van der Waals surface area contributed by atoms with Gasteiger partial charge in [0.25, 0.3) is 0 Å². The number of halogens is 1. The second-order valence-corrected chi connectivity index (χ2v) is 10.5. The maximum absolute atomic E-state index is 12.3. The van der Waals surface area contributed by atoms with Crippen molar-refractivity contribution < 1.29 is 4.79 Å². The Balaban J connectivity index is 1.89. The van der Waals surface area contributed by atoms with Crippen LogP contribution in [0.15, 0.2) is 4.47 Å². The summed E-state index contributed by atoms with van der Waals surface area (Å²) >= 11 is 3.55. The highest BCUT2D eigenvalue weighted by Gasteiger charge is 2.16. The zero-order valence-electron chi connectivity index (χ0n) is 21.5. The van der Waals surface area contributed by atoms with Crippen molar-refractivity contribution in [3.8, 4) is 0 Å². The molecule has 1 N–H and O–H groups in total. The molecule has 1 heterocycles. The minimum atomic E-state index is -0.0686. The van der Waals surface area contributed by atoms with Gasteiger partial charge in [-0.05, 0) is 36.2 Å². The lowest BCUT2D eigenvalue weighted by molar-refractivity contribution is -0.124. The Morgan fingerprint density at radius 2 is 1.28 bits per heavy atom. The van der Waals surface area contributed by atoms with E-state index >= 15 is 0 Å². The molecule has 0 aliphatic rings. The second-order valence-electron chi connectivity index (χ2n) is 9.66. The molecule has 0 saturated heterocycles. The van der Waals surface area contributed by atoms with Crippen LogP contribution in [0.25, 0.3) is 0 Å². The highest BCUT2D eigenvalue weighted by molar-refractivity contribution is 9.10. The standard InChI is InChI=1S/C27H50BrN3O/c1-5-6-7-8-9-10-11-12-13-14-15-16-17-18-19-20-21-29-27(32)23(2)22-31-25(4)26(28)24(3)30-31/h23H,5-22H2,1-4H3,(H,29,32). The first-order valence-corrected chi connectivity index (χ1v) is 14.2. The van der Waals surface area contributed by atoms with Crippen molar-refractivity contribution in [3.63, 3.8) is 0 Å². The molecule has 0 aromatic carbocycles. The minimum Gasteiger partial charge on any atom is -0.356 e. The summed E-state index contributed by atoms with van der Waals surface area (Å²) in [4.78, 5) is 12.3. The van der Waals surface area contributed by atoms with Crippen molar-refractivity contribution in [2.45, 2.75) is 137 Å². The number of nitrogens with one attached hydrogen (secondary N) is 1. The van der Waals surface area contributed by atoms with E-state index in [1.54, 1.807) is 0 Å². The van der Waals surface area contributed by atoms with Gasteiger partial charge in [-0.15, -0.1) is 0 Å². The molecule has 0 fully saturated rings. The SMILES string of the molecule is CCCCCCCCCCCCCCCCCCNC(=O)C(C)Cn1nc(C)c(Br)c1C. The molecule has 4 nitrogen and oxygen atoms in total. The number of rotatable bonds is 20. The number of carbonyl (C=O) groups excluding carboxylic acids is 1. The third-order valence-electron chi connectivity index (χ3n) is 6.52. The molecular weight excluding hydrogens is 462 g/mol. The number of hydrogen-bond acceptors (Lipinski definition) is 2. The molecule has 1 amide bonds. The molecule has 0 spiro atoms. The van der Waals surface area contributed by atoms with E-state index in [1.807, 2.05) is 25.5 Å². The van der Waals surface area contributed by atoms with E-state index in [4.69, 9.17) is 0 Å². The van der Waals surface area contributed by atoms with E-state index < -0.39 is 0 Å². The Hall–Kier alpha value is -0.840. The summed E-state index contributed by atoms with van der Waals surface area (Å²) in [7, 11) is 0. The maximum atomic E-state index is 12.3. The Kier molecular flexibility index (Phi) is 16.9. The molecule has 1 aromatic rings. The van der Waals surface area contributed by atoms with E-state index in [0.717, 1.165) is 28.8 Å². The summed E-state index contributed by atoms with van der Waals surface area (Å²) in [5.74, 6) is 0.0654. The fraction of sp³-hybridized carbons (Fsp3) is 0.852. The van der Waals surface area contributed by atoms with Crippen LogP contribution in [0.1, 0.15) is 128 Å². The predicted molar refractivity (Wildman–Crippen MR) is 141 cm³/mol. The van der Waals surface area contributed by atoms with Gasteiger partial charge < -0.3 is 5.32 Å². The van der Waals surface area contributed by atoms with Crippen LogP contribution in [0.4, 0.5) is 0 Å². The van der Waals surface area contributed by atoms with Crippen LogP contribution in [0.2, 0.25) is 0 Å². The number of hydrogen-bond donors (Lipinski definition) is 1. The molecule has 186 valence electrons. The van der Waals surface area contributed by atoms with Gasteiger partial charge in [0.1, 0.15) is 0 Å². The lowest BCUT2D eigenvalue weighted by Crippen LogP contribution is -2.32. The monoisotopic (exact) mass is 511 g/mol. The van der Waals surface area contributed by atoms with Crippen LogP contribution in [0, 0.1) is 19.8 Å². The first-order chi connectivity index (χ1) is 15.5. The number of carbonyl (C=O) groups is 1. The summed E-state index contributed by atoms with van der Waals surface area (Å²) < 4.78 is 2.97. The zero-order chi connectivity index (χ0) is 23.6. The van der Waals surface area contributed by atoms with Crippen LogP contribution in [-0.4, -0.2) is 22.2 Å². The summed E-state index contributed by atoms with van der Waals surface area (Å²) in [5.41, 5.74) is 2.06. The fourth-order valence-electron chi connectivity index (χ4n) is 4.25. The largest absolute Gasteiger partial charge is 0.356 e. The average molecular weight is 513 g/mol. The van der Waals surface area contributed by atoms with Gasteiger partial charge in [-0.1, -0.05) is 110 Å². The second kappa shape index (κ2) is 18.6. The number of aromatic nitrogens is 2. The molecule has 5 heteroatoms. The first-order valence-electron chi connectivity index (χ1n) is 13.4. The normalized spacial score (nSPS) is 12.3. The van der Waals surface area contributed by atoms with Crippen molar-refractivity contribution in [2.24, 2.45) is 5.92 Å². The highest BCUT2D eigenvalue weighted by Crippen LogP contribution is 2.20. The van der Waals surface area contributed by atoms with Gasteiger partial charge in [0.05, 0.1) is 22.6 Å². The summed E-state index contributed by atoms with van der Waals surface area (Å²) in [5, 5.41) is 7.61. The molecule has 0 radical (unpaired) electrons. The fourth-order valence-corrected chi connectivity index (χ4v) is 4.54. The highest BCUT2D eigenvalue weighted by atomic mass is 79.9. The van der Waals surface area contributed by atoms with Crippen molar-refractivity contribution >= 4 is 21.8 Å². The number of amides is 1. The van der Waals surface area contributed by atoms with Crippen LogP contribution in [0.3, 0.4) is 0 Å². The van der Waals surface area contributed by atoms with Gasteiger partial charge in [-0.25, -0.2) is 0 Å². The number of unbranched alkanes of at least 4 members (excludes halogenated alkanes) is 15. The van der Waals surface area contributed by atoms with Gasteiger partial charge in [0.2, 0.25) is 5.91 Å². The van der Waals surface area contributed by atoms with Crippen molar-refractivity contribution in [1.29, 1.82) is 0 Å². The summed E-state index contributed by atoms with van der Waals surface area (Å²) in [6.07, 6.45) is 22.0. The van der Waals surface area contributed by atoms with Gasteiger partial charge in [0.15, 0.2) is 0 Å². The lowest BCUT2D eigenvalue weighted by Gasteiger charge is -2.13. The van der Waals surface area contributed by atoms with Gasteiger partial charge in [-0.2, -0.15) is 5.10 Å². The van der Waals surface area contributed by atoms with E-state index in [0.29, 0.717) is 6.54 Å². The summed E-state index contributed by atoms with van der Waals surface area (Å²) in [6.45, 7) is 9.70. The molecule has 1 aromatic heterocycles. The van der Waals surface area contributed by atoms with E-state index in [-0.39, 0.29) is 11.8 Å². The van der Waals surface area contributed by atoms with Crippen molar-refractivity contribution in [1.82, 2.24) is 15.1 Å². The quantitative estimate of drug-likeness (QED) is 0.179. The molecule has 0 aliphatic carbocycles. The van der Waals surface area contributed by atoms with Crippen LogP contribution < -0.4 is 5.32 Å². The smallest absolute Gasteiger partial charge is 0.224 e. The van der Waals surface area contributed by atoms with E-state index in [2.05, 4.69) is 33.3 Å². The molecule has 0 saturated carbocycles.